The molecular weight excluding hydrogens is 794 g/mol. The van der Waals surface area contributed by atoms with Gasteiger partial charge in [0.1, 0.15) is 12.6 Å². The molecule has 11 nitrogen and oxygen atoms in total. The van der Waals surface area contributed by atoms with E-state index in [9.17, 15) is 23.8 Å². The van der Waals surface area contributed by atoms with Crippen molar-refractivity contribution >= 4 is 25.7 Å². The van der Waals surface area contributed by atoms with E-state index < -0.39 is 51.1 Å². The highest BCUT2D eigenvalue weighted by molar-refractivity contribution is 7.47. The Morgan fingerprint density at radius 2 is 0.820 bits per heavy atom. The lowest BCUT2D eigenvalue weighted by atomic mass is 10.0. The van der Waals surface area contributed by atoms with Crippen LogP contribution in [0.4, 0.5) is 0 Å². The van der Waals surface area contributed by atoms with E-state index in [0.717, 1.165) is 44.9 Å². The van der Waals surface area contributed by atoms with Crippen molar-refractivity contribution < 1.29 is 47.5 Å². The second-order valence-corrected chi connectivity index (χ2v) is 18.8. The van der Waals surface area contributed by atoms with Crippen molar-refractivity contribution in [2.75, 3.05) is 19.8 Å². The molecule has 0 spiro atoms. The Morgan fingerprint density at radius 1 is 0.492 bits per heavy atom. The van der Waals surface area contributed by atoms with Crippen LogP contribution in [0.3, 0.4) is 0 Å². The molecule has 0 saturated carbocycles. The fourth-order valence-electron chi connectivity index (χ4n) is 7.30. The Bertz CT molecular complexity index is 1090. The first-order valence-electron chi connectivity index (χ1n) is 25.2. The van der Waals surface area contributed by atoms with Crippen LogP contribution < -0.4 is 5.73 Å². The van der Waals surface area contributed by atoms with Gasteiger partial charge in [0.25, 0.3) is 0 Å². The Hall–Kier alpha value is -1.78. The highest BCUT2D eigenvalue weighted by Crippen LogP contribution is 2.43. The molecule has 0 bridgehead atoms. The third-order valence-corrected chi connectivity index (χ3v) is 12.2. The molecular formula is C49H94NO10P. The van der Waals surface area contributed by atoms with E-state index >= 15 is 0 Å². The number of rotatable bonds is 48. The molecule has 1 unspecified atom stereocenters. The number of hydrogen-bond donors (Lipinski definition) is 3. The summed E-state index contributed by atoms with van der Waals surface area (Å²) in [6, 6.07) is -1.52. The monoisotopic (exact) mass is 888 g/mol. The zero-order valence-electron chi connectivity index (χ0n) is 39.3. The average molecular weight is 888 g/mol. The first kappa shape index (κ1) is 59.2. The molecule has 360 valence electrons. The number of aliphatic carboxylic acids is 1. The number of nitrogens with two attached hydrogens (primary N) is 1. The van der Waals surface area contributed by atoms with E-state index in [1.807, 2.05) is 0 Å². The summed E-state index contributed by atoms with van der Waals surface area (Å²) >= 11 is 0. The summed E-state index contributed by atoms with van der Waals surface area (Å²) in [5.74, 6) is -2.36. The minimum atomic E-state index is -4.72. The van der Waals surface area contributed by atoms with Crippen LogP contribution in [0.1, 0.15) is 251 Å². The van der Waals surface area contributed by atoms with Gasteiger partial charge in [-0.15, -0.1) is 0 Å². The molecule has 0 saturated heterocycles. The van der Waals surface area contributed by atoms with Gasteiger partial charge in [0.15, 0.2) is 6.10 Å². The van der Waals surface area contributed by atoms with Gasteiger partial charge in [-0.2, -0.15) is 0 Å². The highest BCUT2D eigenvalue weighted by atomic mass is 31.2. The lowest BCUT2D eigenvalue weighted by Gasteiger charge is -2.20. The maximum absolute atomic E-state index is 12.7. The summed E-state index contributed by atoms with van der Waals surface area (Å²) in [5.41, 5.74) is 5.35. The highest BCUT2D eigenvalue weighted by Gasteiger charge is 2.28. The van der Waals surface area contributed by atoms with Crippen LogP contribution in [-0.4, -0.2) is 59.9 Å². The largest absolute Gasteiger partial charge is 0.480 e. The van der Waals surface area contributed by atoms with Crippen LogP contribution in [0.2, 0.25) is 0 Å². The molecule has 3 atom stereocenters. The maximum Gasteiger partial charge on any atom is 0.472 e. The SMILES string of the molecule is CCCCCCCCCC/C=C\CCCCCCCCCC(=O)O[C@H](COC(=O)CCCCCCCCCCCCCCCCCCCC)COP(=O)(O)OC[C@H](N)C(=O)O. The first-order chi connectivity index (χ1) is 29.6. The third kappa shape index (κ3) is 44.6. The number of allylic oxidation sites excluding steroid dienone is 2. The van der Waals surface area contributed by atoms with E-state index in [4.69, 9.17) is 24.8 Å². The number of carboxylic acids is 1. The molecule has 0 amide bonds. The molecule has 0 aliphatic heterocycles. The van der Waals surface area contributed by atoms with Gasteiger partial charge < -0.3 is 25.2 Å². The van der Waals surface area contributed by atoms with Crippen molar-refractivity contribution in [3.63, 3.8) is 0 Å². The van der Waals surface area contributed by atoms with E-state index in [1.165, 1.54) is 167 Å². The van der Waals surface area contributed by atoms with Crippen molar-refractivity contribution in [2.24, 2.45) is 5.73 Å². The van der Waals surface area contributed by atoms with Gasteiger partial charge in [-0.25, -0.2) is 4.57 Å². The Labute approximate surface area is 373 Å². The molecule has 0 aromatic heterocycles. The van der Waals surface area contributed by atoms with Crippen LogP contribution >= 0.6 is 7.82 Å². The third-order valence-electron chi connectivity index (χ3n) is 11.3. The minimum absolute atomic E-state index is 0.161. The standard InChI is InChI=1S/C49H94NO10P/c1-3-5-7-9-11-13-15-17-19-21-23-25-27-29-31-33-35-37-39-41-48(52)60-45(43-58-61(55,56)59-44-46(50)49(53)54)42-57-47(51)40-38-36-34-32-30-28-26-24-22-20-18-16-14-12-10-8-6-4-2/h21,23,45-46H,3-20,22,24-44,50H2,1-2H3,(H,53,54)(H,55,56)/b23-21-/t45-,46+/m1/s1. The number of carboxylic acid groups (broad SMARTS) is 1. The fraction of sp³-hybridized carbons (Fsp3) is 0.898. The van der Waals surface area contributed by atoms with E-state index in [0.29, 0.717) is 12.8 Å². The lowest BCUT2D eigenvalue weighted by Crippen LogP contribution is -2.34. The summed E-state index contributed by atoms with van der Waals surface area (Å²) in [7, 11) is -4.72. The normalized spacial score (nSPS) is 13.6. The van der Waals surface area contributed by atoms with Crippen LogP contribution in [0.5, 0.6) is 0 Å². The fourth-order valence-corrected chi connectivity index (χ4v) is 8.08. The summed E-state index contributed by atoms with van der Waals surface area (Å²) < 4.78 is 32.8. The van der Waals surface area contributed by atoms with E-state index in [2.05, 4.69) is 30.5 Å². The van der Waals surface area contributed by atoms with Gasteiger partial charge in [0.05, 0.1) is 13.2 Å². The van der Waals surface area contributed by atoms with Crippen LogP contribution in [0, 0.1) is 0 Å². The summed E-state index contributed by atoms with van der Waals surface area (Å²) in [6.45, 7) is 2.85. The Kier molecular flexibility index (Phi) is 43.5. The Morgan fingerprint density at radius 3 is 1.20 bits per heavy atom. The number of ether oxygens (including phenoxy) is 2. The molecule has 0 radical (unpaired) electrons. The first-order valence-corrected chi connectivity index (χ1v) is 26.7. The topological polar surface area (TPSA) is 172 Å². The molecule has 61 heavy (non-hydrogen) atoms. The molecule has 0 aromatic carbocycles. The van der Waals surface area contributed by atoms with Crippen LogP contribution in [0.15, 0.2) is 12.2 Å². The van der Waals surface area contributed by atoms with Gasteiger partial charge in [-0.3, -0.25) is 23.4 Å². The second-order valence-electron chi connectivity index (χ2n) is 17.3. The number of esters is 2. The maximum atomic E-state index is 12.7. The van der Waals surface area contributed by atoms with Gasteiger partial charge in [0, 0.05) is 12.8 Å². The predicted molar refractivity (Wildman–Crippen MR) is 249 cm³/mol. The summed E-state index contributed by atoms with van der Waals surface area (Å²) in [6.07, 6.45) is 47.0. The number of carbonyl (C=O) groups excluding carboxylic acids is 2. The number of unbranched alkanes of at least 4 members (excludes halogenated alkanes) is 32. The van der Waals surface area contributed by atoms with Gasteiger partial charge in [-0.05, 0) is 38.5 Å². The quantitative estimate of drug-likeness (QED) is 0.0230. The van der Waals surface area contributed by atoms with Crippen LogP contribution in [0.25, 0.3) is 0 Å². The van der Waals surface area contributed by atoms with Gasteiger partial charge in [0.2, 0.25) is 0 Å². The number of phosphoric ester groups is 1. The molecule has 0 rings (SSSR count). The van der Waals surface area contributed by atoms with E-state index in [-0.39, 0.29) is 19.4 Å². The van der Waals surface area contributed by atoms with E-state index in [1.54, 1.807) is 0 Å². The summed E-state index contributed by atoms with van der Waals surface area (Å²) in [5, 5.41) is 8.91. The van der Waals surface area contributed by atoms with Crippen molar-refractivity contribution in [2.45, 2.75) is 264 Å². The molecule has 0 heterocycles. The number of carbonyl (C=O) groups is 3. The second kappa shape index (κ2) is 44.8. The lowest BCUT2D eigenvalue weighted by molar-refractivity contribution is -0.161. The summed E-state index contributed by atoms with van der Waals surface area (Å²) in [4.78, 5) is 46.1. The van der Waals surface area contributed by atoms with Crippen molar-refractivity contribution in [1.29, 1.82) is 0 Å². The zero-order valence-corrected chi connectivity index (χ0v) is 40.2. The average Bonchev–Trinajstić information content (AvgIpc) is 3.24. The molecule has 12 heteroatoms. The predicted octanol–water partition coefficient (Wildman–Crippen LogP) is 14.0. The molecule has 0 aromatic rings. The number of hydrogen-bond acceptors (Lipinski definition) is 9. The zero-order chi connectivity index (χ0) is 44.9. The molecule has 0 fully saturated rings. The van der Waals surface area contributed by atoms with Crippen LogP contribution in [-0.2, 0) is 37.5 Å². The Balaban J connectivity index is 4.24. The number of phosphoric acid groups is 1. The smallest absolute Gasteiger partial charge is 0.472 e. The van der Waals surface area contributed by atoms with Crippen molar-refractivity contribution in [3.8, 4) is 0 Å². The minimum Gasteiger partial charge on any atom is -0.480 e. The van der Waals surface area contributed by atoms with Crippen molar-refractivity contribution in [1.82, 2.24) is 0 Å². The molecule has 0 aliphatic rings. The van der Waals surface area contributed by atoms with Crippen molar-refractivity contribution in [3.05, 3.63) is 12.2 Å². The van der Waals surface area contributed by atoms with Gasteiger partial charge in [-0.1, -0.05) is 212 Å². The molecule has 0 aliphatic carbocycles. The van der Waals surface area contributed by atoms with Gasteiger partial charge >= 0.3 is 25.7 Å². The molecule has 4 N–H and O–H groups in total.